The molecule has 3 rings (SSSR count). The van der Waals surface area contributed by atoms with Gasteiger partial charge in [-0.1, -0.05) is 18.2 Å². The van der Waals surface area contributed by atoms with Gasteiger partial charge in [-0.15, -0.1) is 0 Å². The minimum absolute atomic E-state index is 0.212. The largest absolute Gasteiger partial charge is 0.355 e. The Morgan fingerprint density at radius 3 is 2.59 bits per heavy atom. The topological polar surface area (TPSA) is 29.9 Å². The summed E-state index contributed by atoms with van der Waals surface area (Å²) in [4.78, 5) is 0. The highest BCUT2D eigenvalue weighted by atomic mass is 79.9. The van der Waals surface area contributed by atoms with Gasteiger partial charge >= 0.3 is 0 Å². The summed E-state index contributed by atoms with van der Waals surface area (Å²) in [7, 11) is 1.90. The lowest BCUT2D eigenvalue weighted by molar-refractivity contribution is 0.619. The fourth-order valence-electron chi connectivity index (χ4n) is 2.32. The standard InChI is InChI=1S/C17H15BrFN3/c1-11-6-7-14(9-16(11)19)21-13-5-3-4-12(8-13)17-15(18)10-20-22(17)2/h3-10,21H,1-2H3. The summed E-state index contributed by atoms with van der Waals surface area (Å²) in [6, 6.07) is 13.1. The lowest BCUT2D eigenvalue weighted by Gasteiger charge is -2.10. The molecule has 2 aromatic carbocycles. The quantitative estimate of drug-likeness (QED) is 0.709. The van der Waals surface area contributed by atoms with Crippen LogP contribution in [0.2, 0.25) is 0 Å². The van der Waals surface area contributed by atoms with Gasteiger partial charge in [0.2, 0.25) is 0 Å². The Bertz CT molecular complexity index is 807. The summed E-state index contributed by atoms with van der Waals surface area (Å²) in [5.41, 5.74) is 4.29. The maximum Gasteiger partial charge on any atom is 0.128 e. The number of nitrogens with one attached hydrogen (secondary N) is 1. The zero-order chi connectivity index (χ0) is 15.7. The molecule has 1 aromatic heterocycles. The van der Waals surface area contributed by atoms with E-state index in [1.54, 1.807) is 19.2 Å². The van der Waals surface area contributed by atoms with Crippen molar-refractivity contribution in [2.45, 2.75) is 6.92 Å². The van der Waals surface area contributed by atoms with E-state index < -0.39 is 0 Å². The molecule has 0 amide bonds. The van der Waals surface area contributed by atoms with Gasteiger partial charge in [-0.2, -0.15) is 5.10 Å². The summed E-state index contributed by atoms with van der Waals surface area (Å²) < 4.78 is 16.4. The van der Waals surface area contributed by atoms with Crippen LogP contribution in [0.4, 0.5) is 15.8 Å². The second kappa shape index (κ2) is 5.93. The zero-order valence-corrected chi connectivity index (χ0v) is 13.9. The summed E-state index contributed by atoms with van der Waals surface area (Å²) in [5, 5.41) is 7.46. The molecule has 0 aliphatic rings. The highest BCUT2D eigenvalue weighted by Crippen LogP contribution is 2.30. The number of hydrogen-bond donors (Lipinski definition) is 1. The van der Waals surface area contributed by atoms with Gasteiger partial charge in [0.25, 0.3) is 0 Å². The van der Waals surface area contributed by atoms with Crippen molar-refractivity contribution in [1.82, 2.24) is 9.78 Å². The van der Waals surface area contributed by atoms with Crippen LogP contribution in [-0.2, 0) is 7.05 Å². The van der Waals surface area contributed by atoms with E-state index in [2.05, 4.69) is 26.3 Å². The lowest BCUT2D eigenvalue weighted by Crippen LogP contribution is -1.96. The van der Waals surface area contributed by atoms with Crippen molar-refractivity contribution in [3.63, 3.8) is 0 Å². The SMILES string of the molecule is Cc1ccc(Nc2cccc(-c3c(Br)cnn3C)c2)cc1F. The average molecular weight is 360 g/mol. The van der Waals surface area contributed by atoms with E-state index in [1.165, 1.54) is 6.07 Å². The molecule has 1 heterocycles. The zero-order valence-electron chi connectivity index (χ0n) is 12.3. The van der Waals surface area contributed by atoms with E-state index in [1.807, 2.05) is 42.1 Å². The second-order valence-corrected chi connectivity index (χ2v) is 5.99. The van der Waals surface area contributed by atoms with Crippen LogP contribution in [0.15, 0.2) is 53.1 Å². The Labute approximate surface area is 136 Å². The molecule has 5 heteroatoms. The average Bonchev–Trinajstić information content (AvgIpc) is 2.82. The molecule has 3 nitrogen and oxygen atoms in total. The van der Waals surface area contributed by atoms with Crippen molar-refractivity contribution >= 4 is 27.3 Å². The number of benzene rings is 2. The molecule has 112 valence electrons. The third-order valence-electron chi connectivity index (χ3n) is 3.49. The van der Waals surface area contributed by atoms with Gasteiger partial charge in [-0.25, -0.2) is 4.39 Å². The summed E-state index contributed by atoms with van der Waals surface area (Å²) in [6.45, 7) is 1.75. The summed E-state index contributed by atoms with van der Waals surface area (Å²) in [5.74, 6) is -0.212. The molecule has 0 saturated heterocycles. The van der Waals surface area contributed by atoms with E-state index in [4.69, 9.17) is 0 Å². The molecule has 0 radical (unpaired) electrons. The third kappa shape index (κ3) is 2.90. The monoisotopic (exact) mass is 359 g/mol. The molecule has 0 aliphatic heterocycles. The van der Waals surface area contributed by atoms with Crippen LogP contribution in [0.3, 0.4) is 0 Å². The van der Waals surface area contributed by atoms with Gasteiger partial charge in [0.15, 0.2) is 0 Å². The van der Waals surface area contributed by atoms with Crippen molar-refractivity contribution < 1.29 is 4.39 Å². The van der Waals surface area contributed by atoms with E-state index in [0.717, 1.165) is 27.1 Å². The highest BCUT2D eigenvalue weighted by Gasteiger charge is 2.09. The Hall–Kier alpha value is -2.14. The molecule has 0 saturated carbocycles. The number of anilines is 2. The van der Waals surface area contributed by atoms with E-state index >= 15 is 0 Å². The van der Waals surface area contributed by atoms with Crippen molar-refractivity contribution in [3.05, 3.63) is 64.5 Å². The van der Waals surface area contributed by atoms with Crippen LogP contribution in [0.25, 0.3) is 11.3 Å². The number of rotatable bonds is 3. The fourth-order valence-corrected chi connectivity index (χ4v) is 2.89. The third-order valence-corrected chi connectivity index (χ3v) is 4.07. The molecule has 1 N–H and O–H groups in total. The van der Waals surface area contributed by atoms with Crippen LogP contribution >= 0.6 is 15.9 Å². The van der Waals surface area contributed by atoms with Crippen molar-refractivity contribution in [2.24, 2.45) is 7.05 Å². The molecular formula is C17H15BrFN3. The molecule has 0 fully saturated rings. The molecular weight excluding hydrogens is 345 g/mol. The van der Waals surface area contributed by atoms with E-state index in [9.17, 15) is 4.39 Å². The summed E-state index contributed by atoms with van der Waals surface area (Å²) in [6.07, 6.45) is 1.77. The first-order valence-corrected chi connectivity index (χ1v) is 7.65. The molecule has 22 heavy (non-hydrogen) atoms. The lowest BCUT2D eigenvalue weighted by atomic mass is 10.1. The fraction of sp³-hybridized carbons (Fsp3) is 0.118. The van der Waals surface area contributed by atoms with Crippen LogP contribution in [0, 0.1) is 12.7 Å². The normalized spacial score (nSPS) is 10.7. The second-order valence-electron chi connectivity index (χ2n) is 5.13. The van der Waals surface area contributed by atoms with Crippen molar-refractivity contribution in [2.75, 3.05) is 5.32 Å². The molecule has 0 bridgehead atoms. The smallest absolute Gasteiger partial charge is 0.128 e. The molecule has 0 aliphatic carbocycles. The number of nitrogens with zero attached hydrogens (tertiary/aromatic N) is 2. The van der Waals surface area contributed by atoms with E-state index in [0.29, 0.717) is 5.56 Å². The van der Waals surface area contributed by atoms with Gasteiger partial charge in [0.1, 0.15) is 5.82 Å². The number of hydrogen-bond acceptors (Lipinski definition) is 2. The summed E-state index contributed by atoms with van der Waals surface area (Å²) >= 11 is 3.51. The van der Waals surface area contributed by atoms with Crippen LogP contribution in [0.5, 0.6) is 0 Å². The van der Waals surface area contributed by atoms with Crippen LogP contribution < -0.4 is 5.32 Å². The van der Waals surface area contributed by atoms with Gasteiger partial charge in [0, 0.05) is 24.0 Å². The minimum Gasteiger partial charge on any atom is -0.355 e. The number of aromatic nitrogens is 2. The maximum atomic E-state index is 13.6. The number of aryl methyl sites for hydroxylation is 2. The first kappa shape index (κ1) is 14.8. The van der Waals surface area contributed by atoms with Crippen molar-refractivity contribution in [1.29, 1.82) is 0 Å². The van der Waals surface area contributed by atoms with Gasteiger partial charge in [-0.05, 0) is 52.7 Å². The minimum atomic E-state index is -0.212. The Morgan fingerprint density at radius 2 is 1.91 bits per heavy atom. The molecule has 0 spiro atoms. The Morgan fingerprint density at radius 1 is 1.14 bits per heavy atom. The number of halogens is 2. The first-order valence-electron chi connectivity index (χ1n) is 6.86. The highest BCUT2D eigenvalue weighted by molar-refractivity contribution is 9.10. The Balaban J connectivity index is 1.93. The Kier molecular flexibility index (Phi) is 3.98. The van der Waals surface area contributed by atoms with Gasteiger partial charge in [0.05, 0.1) is 16.4 Å². The maximum absolute atomic E-state index is 13.6. The predicted molar refractivity (Wildman–Crippen MR) is 90.8 cm³/mol. The van der Waals surface area contributed by atoms with Crippen molar-refractivity contribution in [3.8, 4) is 11.3 Å². The van der Waals surface area contributed by atoms with E-state index in [-0.39, 0.29) is 5.82 Å². The van der Waals surface area contributed by atoms with Gasteiger partial charge < -0.3 is 5.32 Å². The predicted octanol–water partition coefficient (Wildman–Crippen LogP) is 5.04. The van der Waals surface area contributed by atoms with Crippen LogP contribution in [-0.4, -0.2) is 9.78 Å². The molecule has 3 aromatic rings. The molecule has 0 atom stereocenters. The first-order chi connectivity index (χ1) is 10.5. The van der Waals surface area contributed by atoms with Gasteiger partial charge in [-0.3, -0.25) is 4.68 Å². The molecule has 0 unspecified atom stereocenters. The van der Waals surface area contributed by atoms with Crippen LogP contribution in [0.1, 0.15) is 5.56 Å².